The lowest BCUT2D eigenvalue weighted by Crippen LogP contribution is -2.78. The Morgan fingerprint density at radius 3 is 2.50 bits per heavy atom. The van der Waals surface area contributed by atoms with Crippen LogP contribution < -0.4 is 0 Å². The van der Waals surface area contributed by atoms with Crippen molar-refractivity contribution in [2.75, 3.05) is 6.61 Å². The van der Waals surface area contributed by atoms with E-state index in [9.17, 15) is 29.7 Å². The molecule has 4 fully saturated rings. The zero-order valence-electron chi connectivity index (χ0n) is 20.0. The molecule has 9 nitrogen and oxygen atoms in total. The summed E-state index contributed by atoms with van der Waals surface area (Å²) in [5.74, 6) is -3.97. The van der Waals surface area contributed by atoms with Gasteiger partial charge in [-0.2, -0.15) is 0 Å². The van der Waals surface area contributed by atoms with E-state index in [0.29, 0.717) is 12.0 Å². The number of ether oxygens (including phenoxy) is 3. The minimum Gasteiger partial charge on any atom is -0.459 e. The molecule has 2 bridgehead atoms. The maximum atomic E-state index is 13.2. The van der Waals surface area contributed by atoms with Crippen LogP contribution >= 0.6 is 0 Å². The van der Waals surface area contributed by atoms with E-state index in [-0.39, 0.29) is 12.5 Å². The number of hydrogen-bond donors (Lipinski definition) is 3. The molecule has 0 aromatic rings. The third-order valence-corrected chi connectivity index (χ3v) is 9.35. The summed E-state index contributed by atoms with van der Waals surface area (Å²) in [6.45, 7) is 8.61. The van der Waals surface area contributed by atoms with Crippen LogP contribution in [0.5, 0.6) is 0 Å². The predicted octanol–water partition coefficient (Wildman–Crippen LogP) is 0.449. The normalized spacial score (nSPS) is 51.0. The van der Waals surface area contributed by atoms with Crippen LogP contribution in [-0.2, 0) is 28.6 Å². The van der Waals surface area contributed by atoms with Crippen molar-refractivity contribution < 1.29 is 43.9 Å². The SMILES string of the molecule is CC(C)=CC(=O)OC1C(=O)OC2CC3C(C)=CC(=O)C(O)C3(C)C3C(O)C(O)C4(C)OCC23C14. The van der Waals surface area contributed by atoms with Gasteiger partial charge in [0, 0.05) is 22.8 Å². The van der Waals surface area contributed by atoms with Gasteiger partial charge >= 0.3 is 11.9 Å². The van der Waals surface area contributed by atoms with Gasteiger partial charge in [-0.15, -0.1) is 0 Å². The zero-order chi connectivity index (χ0) is 25.0. The van der Waals surface area contributed by atoms with Crippen LogP contribution in [0.4, 0.5) is 0 Å². The standard InChI is InChI=1S/C25H32O9/c1-10(2)6-15(27)34-17-19-24(5)21(30)16(28)18-23(4)12(11(3)7-13(26)20(23)29)8-14(33-22(17)31)25(18,19)9-32-24/h6-7,12,14,16-21,28-30H,8-9H2,1-5H3. The molecule has 9 heteroatoms. The molecule has 1 spiro atoms. The Kier molecular flexibility index (Phi) is 5.03. The van der Waals surface area contributed by atoms with Gasteiger partial charge in [-0.25, -0.2) is 9.59 Å². The van der Waals surface area contributed by atoms with Gasteiger partial charge in [0.25, 0.3) is 0 Å². The number of rotatable bonds is 2. The Balaban J connectivity index is 1.70. The number of ketones is 1. The molecular formula is C25H32O9. The summed E-state index contributed by atoms with van der Waals surface area (Å²) in [7, 11) is 0. The van der Waals surface area contributed by atoms with E-state index in [1.165, 1.54) is 12.2 Å². The number of fused-ring (bicyclic) bond motifs is 2. The third-order valence-electron chi connectivity index (χ3n) is 9.35. The number of aliphatic hydroxyl groups excluding tert-OH is 3. The fourth-order valence-corrected chi connectivity index (χ4v) is 8.07. The van der Waals surface area contributed by atoms with Crippen molar-refractivity contribution in [1.29, 1.82) is 0 Å². The largest absolute Gasteiger partial charge is 0.459 e. The van der Waals surface area contributed by atoms with E-state index in [0.717, 1.165) is 5.57 Å². The zero-order valence-corrected chi connectivity index (χ0v) is 20.0. The molecule has 0 aromatic heterocycles. The van der Waals surface area contributed by atoms with Gasteiger partial charge < -0.3 is 29.5 Å². The van der Waals surface area contributed by atoms with Crippen LogP contribution in [0.15, 0.2) is 23.3 Å². The Morgan fingerprint density at radius 2 is 1.85 bits per heavy atom. The maximum Gasteiger partial charge on any atom is 0.348 e. The highest BCUT2D eigenvalue weighted by atomic mass is 16.6. The highest BCUT2D eigenvalue weighted by molar-refractivity contribution is 5.96. The van der Waals surface area contributed by atoms with Crippen LogP contribution in [-0.4, -0.2) is 75.8 Å². The lowest BCUT2D eigenvalue weighted by molar-refractivity contribution is -0.297. The molecule has 2 heterocycles. The van der Waals surface area contributed by atoms with Gasteiger partial charge in [0.05, 0.1) is 18.6 Å². The highest BCUT2D eigenvalue weighted by Gasteiger charge is 2.82. The second-order valence-electron chi connectivity index (χ2n) is 11.3. The summed E-state index contributed by atoms with van der Waals surface area (Å²) < 4.78 is 17.6. The molecular weight excluding hydrogens is 444 g/mol. The average molecular weight is 477 g/mol. The lowest BCUT2D eigenvalue weighted by atomic mass is 9.38. The van der Waals surface area contributed by atoms with Crippen molar-refractivity contribution in [3.8, 4) is 0 Å². The number of hydrogen-bond acceptors (Lipinski definition) is 9. The fraction of sp³-hybridized carbons (Fsp3) is 0.720. The van der Waals surface area contributed by atoms with E-state index < -0.39 is 76.5 Å². The monoisotopic (exact) mass is 476 g/mol. The fourth-order valence-electron chi connectivity index (χ4n) is 8.07. The van der Waals surface area contributed by atoms with E-state index in [1.54, 1.807) is 34.6 Å². The number of carbonyl (C=O) groups is 3. The third kappa shape index (κ3) is 2.67. The first-order valence-electron chi connectivity index (χ1n) is 11.8. The molecule has 0 radical (unpaired) electrons. The van der Waals surface area contributed by atoms with Crippen molar-refractivity contribution >= 4 is 17.7 Å². The number of aliphatic hydroxyl groups is 3. The van der Waals surface area contributed by atoms with Crippen LogP contribution in [0.3, 0.4) is 0 Å². The maximum absolute atomic E-state index is 13.2. The predicted molar refractivity (Wildman–Crippen MR) is 116 cm³/mol. The smallest absolute Gasteiger partial charge is 0.348 e. The van der Waals surface area contributed by atoms with Gasteiger partial charge in [-0.3, -0.25) is 4.79 Å². The van der Waals surface area contributed by atoms with Gasteiger partial charge in [0.1, 0.15) is 23.9 Å². The molecule has 2 saturated carbocycles. The minimum atomic E-state index is -1.45. The molecule has 3 aliphatic carbocycles. The Labute approximate surface area is 197 Å². The van der Waals surface area contributed by atoms with Crippen LogP contribution in [0.2, 0.25) is 0 Å². The van der Waals surface area contributed by atoms with Gasteiger partial charge in [-0.05, 0) is 46.1 Å². The lowest BCUT2D eigenvalue weighted by Gasteiger charge is -2.68. The summed E-state index contributed by atoms with van der Waals surface area (Å²) in [6.07, 6.45) is -3.32. The number of allylic oxidation sites excluding steroid dienone is 2. The summed E-state index contributed by atoms with van der Waals surface area (Å²) >= 11 is 0. The second kappa shape index (κ2) is 7.22. The molecule has 3 N–H and O–H groups in total. The number of esters is 2. The van der Waals surface area contributed by atoms with Crippen molar-refractivity contribution in [2.24, 2.45) is 28.6 Å². The van der Waals surface area contributed by atoms with Crippen LogP contribution in [0.25, 0.3) is 0 Å². The van der Waals surface area contributed by atoms with E-state index in [4.69, 9.17) is 14.2 Å². The summed E-state index contributed by atoms with van der Waals surface area (Å²) in [5, 5.41) is 34.0. The topological polar surface area (TPSA) is 140 Å². The van der Waals surface area contributed by atoms with E-state index in [1.807, 2.05) is 0 Å². The van der Waals surface area contributed by atoms with E-state index in [2.05, 4.69) is 0 Å². The number of carbonyl (C=O) groups excluding carboxylic acids is 3. The molecule has 34 heavy (non-hydrogen) atoms. The first-order chi connectivity index (χ1) is 15.8. The Hall–Kier alpha value is -2.07. The molecule has 5 aliphatic rings. The van der Waals surface area contributed by atoms with Crippen molar-refractivity contribution in [1.82, 2.24) is 0 Å². The summed E-state index contributed by atoms with van der Waals surface area (Å²) in [6, 6.07) is 0. The van der Waals surface area contributed by atoms with E-state index >= 15 is 0 Å². The average Bonchev–Trinajstić information content (AvgIpc) is 3.01. The van der Waals surface area contributed by atoms with Gasteiger partial charge in [-0.1, -0.05) is 18.1 Å². The van der Waals surface area contributed by atoms with Gasteiger partial charge in [0.2, 0.25) is 6.10 Å². The molecule has 11 unspecified atom stereocenters. The van der Waals surface area contributed by atoms with Crippen molar-refractivity contribution in [2.45, 2.75) is 77.2 Å². The highest BCUT2D eigenvalue weighted by Crippen LogP contribution is 2.72. The molecule has 0 aromatic carbocycles. The van der Waals surface area contributed by atoms with Gasteiger partial charge in [0.15, 0.2) is 5.78 Å². The molecule has 11 atom stereocenters. The minimum absolute atomic E-state index is 0.0214. The molecule has 2 aliphatic heterocycles. The Morgan fingerprint density at radius 1 is 1.18 bits per heavy atom. The molecule has 2 saturated heterocycles. The van der Waals surface area contributed by atoms with Crippen LogP contribution in [0.1, 0.15) is 41.0 Å². The van der Waals surface area contributed by atoms with Crippen molar-refractivity contribution in [3.05, 3.63) is 23.3 Å². The quantitative estimate of drug-likeness (QED) is 0.383. The first-order valence-corrected chi connectivity index (χ1v) is 11.8. The second-order valence-corrected chi connectivity index (χ2v) is 11.3. The summed E-state index contributed by atoms with van der Waals surface area (Å²) in [5.41, 5.74) is -2.21. The van der Waals surface area contributed by atoms with Crippen molar-refractivity contribution in [3.63, 3.8) is 0 Å². The molecule has 0 amide bonds. The molecule has 5 rings (SSSR count). The first kappa shape index (κ1) is 23.7. The summed E-state index contributed by atoms with van der Waals surface area (Å²) in [4.78, 5) is 38.5. The Bertz CT molecular complexity index is 1030. The molecule has 186 valence electrons. The van der Waals surface area contributed by atoms with Crippen LogP contribution in [0, 0.1) is 28.6 Å².